The van der Waals surface area contributed by atoms with E-state index in [1.165, 1.54) is 0 Å². The first-order valence-corrected chi connectivity index (χ1v) is 9.90. The molecule has 2 aliphatic heterocycles. The van der Waals surface area contributed by atoms with E-state index in [0.29, 0.717) is 23.2 Å². The molecule has 1 aromatic heterocycles. The summed E-state index contributed by atoms with van der Waals surface area (Å²) in [6.45, 7) is 5.47. The van der Waals surface area contributed by atoms with Crippen molar-refractivity contribution in [2.24, 2.45) is 0 Å². The van der Waals surface area contributed by atoms with Gasteiger partial charge in [0.05, 0.1) is 11.1 Å². The number of nitrogens with zero attached hydrogens (tertiary/aromatic N) is 1. The van der Waals surface area contributed by atoms with Gasteiger partial charge in [-0.2, -0.15) is 0 Å². The molecule has 1 amide bonds. The highest BCUT2D eigenvalue weighted by atomic mass is 16.2. The number of carbonyl (C=O) groups excluding carboxylic acids is 1. The van der Waals surface area contributed by atoms with Gasteiger partial charge in [0, 0.05) is 11.9 Å². The number of rotatable bonds is 2. The van der Waals surface area contributed by atoms with Gasteiger partial charge in [-0.05, 0) is 43.5 Å². The maximum absolute atomic E-state index is 13.7. The molecule has 142 valence electrons. The van der Waals surface area contributed by atoms with E-state index in [1.807, 2.05) is 54.3 Å². The molecule has 5 nitrogen and oxygen atoms in total. The van der Waals surface area contributed by atoms with E-state index in [0.717, 1.165) is 41.6 Å². The molecule has 1 atom stereocenters. The van der Waals surface area contributed by atoms with Gasteiger partial charge >= 0.3 is 0 Å². The summed E-state index contributed by atoms with van der Waals surface area (Å²) < 4.78 is 0. The Morgan fingerprint density at radius 3 is 2.64 bits per heavy atom. The van der Waals surface area contributed by atoms with Crippen LogP contribution in [0.15, 0.2) is 47.3 Å². The second-order valence-corrected chi connectivity index (χ2v) is 7.71. The lowest BCUT2D eigenvalue weighted by atomic mass is 9.88. The van der Waals surface area contributed by atoms with Gasteiger partial charge < -0.3 is 9.88 Å². The zero-order valence-electron chi connectivity index (χ0n) is 16.1. The fourth-order valence-corrected chi connectivity index (χ4v) is 4.75. The van der Waals surface area contributed by atoms with Gasteiger partial charge in [-0.3, -0.25) is 14.9 Å². The minimum absolute atomic E-state index is 0.0649. The second kappa shape index (κ2) is 6.04. The molecular formula is C23H23N3O2. The van der Waals surface area contributed by atoms with Crippen LogP contribution in [-0.4, -0.2) is 28.9 Å². The molecule has 2 aliphatic rings. The molecular weight excluding hydrogens is 350 g/mol. The Hall–Kier alpha value is -2.92. The first-order chi connectivity index (χ1) is 13.6. The molecule has 0 aliphatic carbocycles. The number of hydrogen-bond donors (Lipinski definition) is 2. The van der Waals surface area contributed by atoms with Crippen LogP contribution < -0.4 is 10.7 Å². The highest BCUT2D eigenvalue weighted by Gasteiger charge is 2.54. The van der Waals surface area contributed by atoms with Crippen LogP contribution in [0, 0.1) is 6.92 Å². The third-order valence-electron chi connectivity index (χ3n) is 6.14. The molecule has 28 heavy (non-hydrogen) atoms. The Morgan fingerprint density at radius 1 is 1.11 bits per heavy atom. The van der Waals surface area contributed by atoms with Crippen molar-refractivity contribution in [1.29, 1.82) is 0 Å². The van der Waals surface area contributed by atoms with E-state index in [2.05, 4.69) is 17.2 Å². The van der Waals surface area contributed by atoms with E-state index in [-0.39, 0.29) is 11.3 Å². The van der Waals surface area contributed by atoms with Gasteiger partial charge in [0.25, 0.3) is 5.91 Å². The van der Waals surface area contributed by atoms with Crippen molar-refractivity contribution in [2.45, 2.75) is 32.4 Å². The molecule has 3 heterocycles. The minimum atomic E-state index is -0.900. The Bertz CT molecular complexity index is 1160. The zero-order chi connectivity index (χ0) is 19.5. The Labute approximate surface area is 163 Å². The van der Waals surface area contributed by atoms with E-state index in [1.54, 1.807) is 0 Å². The number of H-pyrrole nitrogens is 1. The summed E-state index contributed by atoms with van der Waals surface area (Å²) in [5, 5.41) is 4.18. The number of carbonyl (C=O) groups is 1. The van der Waals surface area contributed by atoms with Crippen LogP contribution >= 0.6 is 0 Å². The third-order valence-corrected chi connectivity index (χ3v) is 6.14. The highest BCUT2D eigenvalue weighted by Crippen LogP contribution is 2.42. The monoisotopic (exact) mass is 373 g/mol. The fraction of sp³-hybridized carbons (Fsp3) is 0.304. The molecule has 1 saturated heterocycles. The van der Waals surface area contributed by atoms with E-state index >= 15 is 0 Å². The van der Waals surface area contributed by atoms with Crippen LogP contribution in [0.1, 0.15) is 46.1 Å². The molecule has 5 heteroatoms. The van der Waals surface area contributed by atoms with Crippen LogP contribution in [0.2, 0.25) is 0 Å². The average Bonchev–Trinajstić information content (AvgIpc) is 2.98. The van der Waals surface area contributed by atoms with Crippen molar-refractivity contribution in [2.75, 3.05) is 13.1 Å². The number of fused-ring (bicyclic) bond motifs is 4. The minimum Gasteiger partial charge on any atom is -0.350 e. The van der Waals surface area contributed by atoms with Crippen molar-refractivity contribution in [3.05, 3.63) is 80.6 Å². The van der Waals surface area contributed by atoms with Crippen molar-refractivity contribution in [1.82, 2.24) is 15.2 Å². The largest absolute Gasteiger partial charge is 0.350 e. The maximum Gasteiger partial charge on any atom is 0.272 e. The molecule has 0 radical (unpaired) electrons. The number of hydrogen-bond acceptors (Lipinski definition) is 3. The lowest BCUT2D eigenvalue weighted by Gasteiger charge is -2.43. The van der Waals surface area contributed by atoms with E-state index in [4.69, 9.17) is 0 Å². The number of nitrogens with one attached hydrogen (secondary N) is 2. The fourth-order valence-electron chi connectivity index (χ4n) is 4.75. The molecule has 1 unspecified atom stereocenters. The Kier molecular flexibility index (Phi) is 3.71. The standard InChI is InChI=1S/C23H23N3O2/c1-3-15-6-4-7-17-19(15)25-20-18(21(17)27)23(16-10-8-14(2)9-11-16)24-12-5-13-26(23)22(20)28/h4,6-11,24H,3,5,12-13H2,1-2H3,(H,25,27). The van der Waals surface area contributed by atoms with E-state index in [9.17, 15) is 9.59 Å². The molecule has 5 rings (SSSR count). The Balaban J connectivity index is 1.89. The molecule has 3 aromatic rings. The van der Waals surface area contributed by atoms with Crippen molar-refractivity contribution in [3.63, 3.8) is 0 Å². The van der Waals surface area contributed by atoms with Crippen LogP contribution in [0.5, 0.6) is 0 Å². The first-order valence-electron chi connectivity index (χ1n) is 9.90. The van der Waals surface area contributed by atoms with Gasteiger partial charge in [-0.1, -0.05) is 48.9 Å². The number of pyridine rings is 1. The summed E-state index contributed by atoms with van der Waals surface area (Å²) in [6, 6.07) is 13.9. The smallest absolute Gasteiger partial charge is 0.272 e. The van der Waals surface area contributed by atoms with Crippen LogP contribution in [0.3, 0.4) is 0 Å². The predicted molar refractivity (Wildman–Crippen MR) is 110 cm³/mol. The lowest BCUT2D eigenvalue weighted by molar-refractivity contribution is 0.0453. The zero-order valence-corrected chi connectivity index (χ0v) is 16.1. The molecule has 2 N–H and O–H groups in total. The van der Waals surface area contributed by atoms with E-state index < -0.39 is 5.66 Å². The van der Waals surface area contributed by atoms with Crippen molar-refractivity contribution < 1.29 is 4.79 Å². The molecule has 0 saturated carbocycles. The highest BCUT2D eigenvalue weighted by molar-refractivity contribution is 6.02. The molecule has 1 fully saturated rings. The quantitative estimate of drug-likeness (QED) is 0.726. The topological polar surface area (TPSA) is 65.2 Å². The van der Waals surface area contributed by atoms with Gasteiger partial charge in [-0.25, -0.2) is 0 Å². The third kappa shape index (κ3) is 2.11. The van der Waals surface area contributed by atoms with Crippen molar-refractivity contribution in [3.8, 4) is 0 Å². The number of para-hydroxylation sites is 1. The summed E-state index contributed by atoms with van der Waals surface area (Å²) >= 11 is 0. The van der Waals surface area contributed by atoms with Gasteiger partial charge in [0.2, 0.25) is 0 Å². The lowest BCUT2D eigenvalue weighted by Crippen LogP contribution is -2.60. The molecule has 0 spiro atoms. The van der Waals surface area contributed by atoms with Gasteiger partial charge in [-0.15, -0.1) is 0 Å². The Morgan fingerprint density at radius 2 is 1.89 bits per heavy atom. The molecule has 0 bridgehead atoms. The van der Waals surface area contributed by atoms with Gasteiger partial charge in [0.1, 0.15) is 5.69 Å². The number of benzene rings is 2. The average molecular weight is 373 g/mol. The summed E-state index contributed by atoms with van der Waals surface area (Å²) in [4.78, 5) is 32.3. The second-order valence-electron chi connectivity index (χ2n) is 7.71. The number of aromatic amines is 1. The first kappa shape index (κ1) is 17.2. The summed E-state index contributed by atoms with van der Waals surface area (Å²) in [7, 11) is 0. The molecule has 2 aromatic carbocycles. The van der Waals surface area contributed by atoms with Crippen LogP contribution in [0.4, 0.5) is 0 Å². The number of aryl methyl sites for hydroxylation is 2. The van der Waals surface area contributed by atoms with Crippen LogP contribution in [0.25, 0.3) is 10.9 Å². The van der Waals surface area contributed by atoms with Crippen LogP contribution in [-0.2, 0) is 12.1 Å². The number of aromatic nitrogens is 1. The SMILES string of the molecule is CCc1cccc2c(=O)c3c([nH]c12)C(=O)N1CCCNC31c1ccc(C)cc1. The summed E-state index contributed by atoms with van der Waals surface area (Å²) in [5.74, 6) is -0.104. The number of amides is 1. The summed E-state index contributed by atoms with van der Waals surface area (Å²) in [6.07, 6.45) is 1.66. The van der Waals surface area contributed by atoms with Crippen molar-refractivity contribution >= 4 is 16.8 Å². The maximum atomic E-state index is 13.7. The predicted octanol–water partition coefficient (Wildman–Crippen LogP) is 3.05. The summed E-state index contributed by atoms with van der Waals surface area (Å²) in [5.41, 5.74) is 3.89. The van der Waals surface area contributed by atoms with Gasteiger partial charge in [0.15, 0.2) is 11.1 Å². The normalized spacial score (nSPS) is 21.1.